The van der Waals surface area contributed by atoms with Crippen molar-refractivity contribution in [2.75, 3.05) is 29.9 Å². The van der Waals surface area contributed by atoms with E-state index in [1.165, 1.54) is 6.07 Å². The summed E-state index contributed by atoms with van der Waals surface area (Å²) in [5.74, 6) is -0.611. The van der Waals surface area contributed by atoms with Crippen molar-refractivity contribution in [1.29, 1.82) is 0 Å². The second kappa shape index (κ2) is 8.96. The van der Waals surface area contributed by atoms with E-state index in [0.717, 1.165) is 33.5 Å². The summed E-state index contributed by atoms with van der Waals surface area (Å²) in [4.78, 5) is 42.2. The van der Waals surface area contributed by atoms with E-state index < -0.39 is 59.9 Å². The van der Waals surface area contributed by atoms with Crippen LogP contribution < -0.4 is 20.5 Å². The number of rotatable bonds is 4. The molecule has 18 heteroatoms. The zero-order valence-corrected chi connectivity index (χ0v) is 20.4. The maximum absolute atomic E-state index is 14.3. The van der Waals surface area contributed by atoms with Crippen LogP contribution in [0.2, 0.25) is 5.15 Å². The molecule has 2 N–H and O–H groups in total. The summed E-state index contributed by atoms with van der Waals surface area (Å²) in [6.45, 7) is -3.63. The first-order valence-electron chi connectivity index (χ1n) is 11.1. The fourth-order valence-corrected chi connectivity index (χ4v) is 4.58. The fourth-order valence-electron chi connectivity index (χ4n) is 4.41. The Kier molecular flexibility index (Phi) is 6.08. The van der Waals surface area contributed by atoms with Gasteiger partial charge in [0.05, 0.1) is 36.4 Å². The van der Waals surface area contributed by atoms with E-state index in [-0.39, 0.29) is 39.8 Å². The summed E-state index contributed by atoms with van der Waals surface area (Å²) in [7, 11) is 0. The number of ether oxygens (including phenoxy) is 1. The predicted octanol–water partition coefficient (Wildman–Crippen LogP) is 3.55. The van der Waals surface area contributed by atoms with Gasteiger partial charge in [-0.15, -0.1) is 0 Å². The van der Waals surface area contributed by atoms with Gasteiger partial charge in [0.2, 0.25) is 0 Å². The Hall–Kier alpha value is -4.15. The van der Waals surface area contributed by atoms with Crippen LogP contribution in [0.1, 0.15) is 19.2 Å². The van der Waals surface area contributed by atoms with Gasteiger partial charge in [-0.3, -0.25) is 14.3 Å². The summed E-state index contributed by atoms with van der Waals surface area (Å²) in [6, 6.07) is 1.03. The highest BCUT2D eigenvalue weighted by Crippen LogP contribution is 2.50. The minimum absolute atomic E-state index is 0.0136. The van der Waals surface area contributed by atoms with Crippen molar-refractivity contribution in [3.63, 3.8) is 0 Å². The lowest BCUT2D eigenvalue weighted by Crippen LogP contribution is -2.56. The van der Waals surface area contributed by atoms with E-state index in [1.807, 2.05) is 0 Å². The average Bonchev–Trinajstić information content (AvgIpc) is 3.34. The van der Waals surface area contributed by atoms with Gasteiger partial charge in [0, 0.05) is 24.9 Å². The Morgan fingerprint density at radius 2 is 1.97 bits per heavy atom. The van der Waals surface area contributed by atoms with Crippen molar-refractivity contribution >= 4 is 40.7 Å². The molecule has 208 valence electrons. The lowest BCUT2D eigenvalue weighted by atomic mass is 9.88. The van der Waals surface area contributed by atoms with Crippen molar-refractivity contribution in [3.05, 3.63) is 45.7 Å². The zero-order chi connectivity index (χ0) is 28.4. The molecule has 12 nitrogen and oxygen atoms in total. The molecule has 5 rings (SSSR count). The largest absolute Gasteiger partial charge is 0.481 e. The number of nitrogens with one attached hydrogen (secondary N) is 1. The van der Waals surface area contributed by atoms with Gasteiger partial charge in [-0.25, -0.2) is 19.1 Å². The molecule has 5 heterocycles. The molecule has 2 aliphatic heterocycles. The number of urea groups is 1. The number of fused-ring (bicyclic) bond motifs is 3. The fraction of sp³-hybridized carbons (Fsp3) is 0.381. The number of carbonyl (C=O) groups excluding carboxylic acids is 1. The van der Waals surface area contributed by atoms with E-state index in [0.29, 0.717) is 6.20 Å². The highest BCUT2D eigenvalue weighted by molar-refractivity contribution is 6.29. The lowest BCUT2D eigenvalue weighted by Gasteiger charge is -2.36. The molecule has 1 atom stereocenters. The summed E-state index contributed by atoms with van der Waals surface area (Å²) >= 11 is 5.86. The highest BCUT2D eigenvalue weighted by Gasteiger charge is 2.60. The first-order valence-corrected chi connectivity index (χ1v) is 11.5. The Balaban J connectivity index is 1.48. The van der Waals surface area contributed by atoms with E-state index in [4.69, 9.17) is 21.4 Å². The number of hydrogen-bond acceptors (Lipinski definition) is 6. The number of nitrogens with zero attached hydrogens (tertiary/aromatic N) is 6. The van der Waals surface area contributed by atoms with Gasteiger partial charge < -0.3 is 20.1 Å². The van der Waals surface area contributed by atoms with Crippen LogP contribution in [0.25, 0.3) is 5.65 Å². The van der Waals surface area contributed by atoms with Crippen LogP contribution in [-0.2, 0) is 5.41 Å². The molecular weight excluding hydrogens is 561 g/mol. The molecule has 0 unspecified atom stereocenters. The number of pyridine rings is 1. The van der Waals surface area contributed by atoms with Gasteiger partial charge in [-0.2, -0.15) is 27.1 Å². The SMILES string of the molecule is C[C@@]1(C(F)(F)F)CN(C(=O)Nc2cc(OC3CN(C(=O)O)C3)c(=O)n(C(F)F)c2)c2cnc3cc(Cl)nn3c21. The molecule has 3 amide bonds. The molecule has 2 aliphatic rings. The minimum Gasteiger partial charge on any atom is -0.481 e. The van der Waals surface area contributed by atoms with Crippen molar-refractivity contribution in [2.24, 2.45) is 0 Å². The van der Waals surface area contributed by atoms with Crippen LogP contribution in [0.5, 0.6) is 5.75 Å². The van der Waals surface area contributed by atoms with Crippen LogP contribution in [0.3, 0.4) is 0 Å². The Bertz CT molecular complexity index is 1550. The molecule has 0 saturated carbocycles. The molecule has 0 bridgehead atoms. The zero-order valence-electron chi connectivity index (χ0n) is 19.6. The number of anilines is 2. The standard InChI is InChI=1S/C21H17ClF5N7O5/c1-20(21(25,26)27)8-33(11-4-28-14-3-13(22)30-34(14)15(11)20)18(36)29-9-2-12(16(35)32(5-9)17(23)24)39-10-6-31(7-10)19(37)38/h2-5,10,17H,6-8H2,1H3,(H,29,36)(H,37,38)/t20-/m1/s1. The van der Waals surface area contributed by atoms with Gasteiger partial charge >= 0.3 is 24.9 Å². The molecule has 3 aromatic heterocycles. The van der Waals surface area contributed by atoms with Gasteiger partial charge in [0.25, 0.3) is 5.56 Å². The molecule has 0 aliphatic carbocycles. The van der Waals surface area contributed by atoms with E-state index in [2.05, 4.69) is 15.4 Å². The van der Waals surface area contributed by atoms with Crippen molar-refractivity contribution in [2.45, 2.75) is 31.2 Å². The van der Waals surface area contributed by atoms with Gasteiger partial charge in [-0.1, -0.05) is 11.6 Å². The van der Waals surface area contributed by atoms with Gasteiger partial charge in [0.1, 0.15) is 11.5 Å². The normalized spacial score (nSPS) is 19.4. The number of amides is 3. The van der Waals surface area contributed by atoms with Crippen LogP contribution >= 0.6 is 11.6 Å². The summed E-state index contributed by atoms with van der Waals surface area (Å²) in [5.41, 5.74) is -4.89. The van der Waals surface area contributed by atoms with Crippen LogP contribution in [-0.4, -0.2) is 73.2 Å². The van der Waals surface area contributed by atoms with Gasteiger partial charge in [-0.05, 0) is 6.92 Å². The first-order chi connectivity index (χ1) is 18.2. The number of hydrogen-bond donors (Lipinski definition) is 2. The summed E-state index contributed by atoms with van der Waals surface area (Å²) < 4.78 is 76.1. The molecule has 1 fully saturated rings. The lowest BCUT2D eigenvalue weighted by molar-refractivity contribution is -0.181. The quantitative estimate of drug-likeness (QED) is 0.453. The predicted molar refractivity (Wildman–Crippen MR) is 124 cm³/mol. The monoisotopic (exact) mass is 577 g/mol. The summed E-state index contributed by atoms with van der Waals surface area (Å²) in [6.07, 6.45) is -5.24. The smallest absolute Gasteiger partial charge is 0.407 e. The molecule has 3 aromatic rings. The molecular formula is C21H17ClF5N7O5. The maximum atomic E-state index is 14.3. The topological polar surface area (TPSA) is 134 Å². The molecule has 39 heavy (non-hydrogen) atoms. The third-order valence-electron chi connectivity index (χ3n) is 6.48. The van der Waals surface area contributed by atoms with Crippen molar-refractivity contribution in [1.82, 2.24) is 24.1 Å². The maximum Gasteiger partial charge on any atom is 0.407 e. The molecule has 0 spiro atoms. The first kappa shape index (κ1) is 26.5. The minimum atomic E-state index is -4.85. The Morgan fingerprint density at radius 3 is 2.59 bits per heavy atom. The van der Waals surface area contributed by atoms with Crippen molar-refractivity contribution < 1.29 is 41.4 Å². The summed E-state index contributed by atoms with van der Waals surface area (Å²) in [5, 5.41) is 14.9. The van der Waals surface area contributed by atoms with Crippen molar-refractivity contribution in [3.8, 4) is 5.75 Å². The Morgan fingerprint density at radius 1 is 1.28 bits per heavy atom. The van der Waals surface area contributed by atoms with E-state index in [1.54, 1.807) is 0 Å². The van der Waals surface area contributed by atoms with Crippen LogP contribution in [0, 0.1) is 0 Å². The van der Waals surface area contributed by atoms with E-state index in [9.17, 15) is 36.3 Å². The van der Waals surface area contributed by atoms with E-state index >= 15 is 0 Å². The Labute approximate surface area is 219 Å². The second-order valence-corrected chi connectivity index (χ2v) is 9.47. The number of aromatic nitrogens is 4. The number of alkyl halides is 5. The third kappa shape index (κ3) is 4.35. The molecule has 0 radical (unpaired) electrons. The number of halogens is 6. The van der Waals surface area contributed by atoms with Crippen LogP contribution in [0.15, 0.2) is 29.3 Å². The third-order valence-corrected chi connectivity index (χ3v) is 6.66. The highest BCUT2D eigenvalue weighted by atomic mass is 35.5. The second-order valence-electron chi connectivity index (χ2n) is 9.09. The number of carbonyl (C=O) groups is 2. The molecule has 0 aromatic carbocycles. The van der Waals surface area contributed by atoms with Crippen LogP contribution in [0.4, 0.5) is 42.9 Å². The number of likely N-dealkylation sites (tertiary alicyclic amines) is 1. The average molecular weight is 578 g/mol. The van der Waals surface area contributed by atoms with Gasteiger partial charge in [0.15, 0.2) is 16.5 Å². The number of carboxylic acid groups (broad SMARTS) is 1. The molecule has 1 saturated heterocycles.